The molecule has 3 fully saturated rings. The Hall–Kier alpha value is -5.47. The summed E-state index contributed by atoms with van der Waals surface area (Å²) in [6.45, 7) is 3.91. The van der Waals surface area contributed by atoms with Crippen molar-refractivity contribution in [3.8, 4) is 28.4 Å². The fraction of sp³-hybridized carbons (Fsp3) is 0.425. The van der Waals surface area contributed by atoms with Crippen molar-refractivity contribution in [3.63, 3.8) is 0 Å². The molecule has 0 atom stereocenters. The van der Waals surface area contributed by atoms with Gasteiger partial charge in [0.2, 0.25) is 5.91 Å². The van der Waals surface area contributed by atoms with Gasteiger partial charge in [0.15, 0.2) is 6.61 Å². The van der Waals surface area contributed by atoms with E-state index in [0.29, 0.717) is 43.0 Å². The zero-order valence-corrected chi connectivity index (χ0v) is 30.9. The van der Waals surface area contributed by atoms with E-state index >= 15 is 0 Å². The zero-order valence-electron chi connectivity index (χ0n) is 30.9. The number of aryl methyl sites for hydroxylation is 1. The second-order valence-electron chi connectivity index (χ2n) is 14.0. The minimum Gasteiger partial charge on any atom is -0.496 e. The number of carbonyl (C=O) groups is 3. The molecule has 0 aliphatic carbocycles. The molecule has 2 aromatic carbocycles. The summed E-state index contributed by atoms with van der Waals surface area (Å²) >= 11 is 0. The highest BCUT2D eigenvalue weighted by Crippen LogP contribution is 2.38. The summed E-state index contributed by atoms with van der Waals surface area (Å²) in [5.41, 5.74) is 3.32. The fourth-order valence-electron chi connectivity index (χ4n) is 7.55. The molecule has 54 heavy (non-hydrogen) atoms. The lowest BCUT2D eigenvalue weighted by Crippen LogP contribution is -2.49. The second kappa shape index (κ2) is 16.3. The van der Waals surface area contributed by atoms with Crippen LogP contribution in [0.2, 0.25) is 0 Å². The van der Waals surface area contributed by atoms with Crippen molar-refractivity contribution in [1.82, 2.24) is 24.7 Å². The molecular weight excluding hydrogens is 692 g/mol. The van der Waals surface area contributed by atoms with Gasteiger partial charge in [0, 0.05) is 82.6 Å². The highest BCUT2D eigenvalue weighted by Gasteiger charge is 2.29. The van der Waals surface area contributed by atoms with Crippen LogP contribution in [-0.4, -0.2) is 103 Å². The maximum Gasteiger partial charge on any atom is 0.328 e. The summed E-state index contributed by atoms with van der Waals surface area (Å²) in [6.07, 6.45) is 9.05. The molecule has 0 saturated carbocycles. The molecule has 14 heteroatoms. The van der Waals surface area contributed by atoms with Gasteiger partial charge in [-0.25, -0.2) is 4.79 Å². The minimum absolute atomic E-state index is 0.0672. The first kappa shape index (κ1) is 36.9. The van der Waals surface area contributed by atoms with Gasteiger partial charge in [0.05, 0.1) is 37.4 Å². The Kier molecular flexibility index (Phi) is 11.1. The lowest BCUT2D eigenvalue weighted by Gasteiger charge is -2.37. The standard InChI is InChI=1S/C40H46N6O8/c1-43-23-33(31-8-14-41-22-32(31)39(43)49)26-20-35(51-2)34(36(21-26)52-3)24-44-15-9-29(10-16-44)54-30-11-17-45(18-12-30)38(48)25-53-28-6-4-27(5-7-28)46-19-13-37(47)42-40(46)50/h4-8,14,20-23,29-30H,9-13,15-19,24-25H2,1-3H3,(H,42,47,50). The Morgan fingerprint density at radius 3 is 2.19 bits per heavy atom. The van der Waals surface area contributed by atoms with Gasteiger partial charge in [-0.05, 0) is 79.1 Å². The smallest absolute Gasteiger partial charge is 0.328 e. The number of fused-ring (bicyclic) bond motifs is 1. The maximum absolute atomic E-state index is 12.9. The number of ether oxygens (including phenoxy) is 4. The van der Waals surface area contributed by atoms with E-state index in [9.17, 15) is 19.2 Å². The van der Waals surface area contributed by atoms with Crippen LogP contribution in [0.3, 0.4) is 0 Å². The Morgan fingerprint density at radius 1 is 0.870 bits per heavy atom. The van der Waals surface area contributed by atoms with Crippen LogP contribution in [0, 0.1) is 0 Å². The quantitative estimate of drug-likeness (QED) is 0.239. The van der Waals surface area contributed by atoms with Gasteiger partial charge in [-0.15, -0.1) is 0 Å². The summed E-state index contributed by atoms with van der Waals surface area (Å²) in [6, 6.07) is 12.4. The van der Waals surface area contributed by atoms with Crippen molar-refractivity contribution in [2.24, 2.45) is 7.05 Å². The predicted octanol–water partition coefficient (Wildman–Crippen LogP) is 4.12. The van der Waals surface area contributed by atoms with Crippen molar-refractivity contribution in [3.05, 3.63) is 77.0 Å². The number of aromatic nitrogens is 2. The first-order chi connectivity index (χ1) is 26.2. The number of anilines is 1. The van der Waals surface area contributed by atoms with Crippen LogP contribution in [0.25, 0.3) is 21.9 Å². The Morgan fingerprint density at radius 2 is 1.54 bits per heavy atom. The second-order valence-corrected chi connectivity index (χ2v) is 14.0. The molecule has 0 unspecified atom stereocenters. The molecule has 3 aliphatic heterocycles. The largest absolute Gasteiger partial charge is 0.496 e. The summed E-state index contributed by atoms with van der Waals surface area (Å²) in [4.78, 5) is 59.1. The van der Waals surface area contributed by atoms with E-state index in [4.69, 9.17) is 18.9 Å². The van der Waals surface area contributed by atoms with Crippen LogP contribution in [0.5, 0.6) is 17.2 Å². The minimum atomic E-state index is -0.443. The number of urea groups is 1. The van der Waals surface area contributed by atoms with Gasteiger partial charge in [0.25, 0.3) is 11.5 Å². The molecule has 4 amide bonds. The molecule has 5 heterocycles. The number of likely N-dealkylation sites (tertiary alicyclic amines) is 2. The molecule has 0 spiro atoms. The monoisotopic (exact) mass is 738 g/mol. The van der Waals surface area contributed by atoms with E-state index in [1.54, 1.807) is 62.5 Å². The van der Waals surface area contributed by atoms with Gasteiger partial charge < -0.3 is 28.4 Å². The molecule has 2 aromatic heterocycles. The SMILES string of the molecule is COc1cc(-c2cn(C)c(=O)c3cnccc23)cc(OC)c1CN1CCC(OC2CCN(C(=O)COc3ccc(N4CCC(=O)NC4=O)cc3)CC2)CC1. The summed E-state index contributed by atoms with van der Waals surface area (Å²) in [5.74, 6) is 1.64. The third kappa shape index (κ3) is 8.04. The average Bonchev–Trinajstić information content (AvgIpc) is 3.19. The highest BCUT2D eigenvalue weighted by atomic mass is 16.5. The van der Waals surface area contributed by atoms with E-state index in [2.05, 4.69) is 15.2 Å². The number of methoxy groups -OCH3 is 2. The van der Waals surface area contributed by atoms with Crippen molar-refractivity contribution < 1.29 is 33.3 Å². The molecule has 1 N–H and O–H groups in total. The number of hydrogen-bond donors (Lipinski definition) is 1. The number of rotatable bonds is 11. The molecular formula is C40H46N6O8. The van der Waals surface area contributed by atoms with E-state index in [1.807, 2.05) is 29.3 Å². The molecule has 0 radical (unpaired) electrons. The van der Waals surface area contributed by atoms with Crippen LogP contribution >= 0.6 is 0 Å². The molecule has 3 saturated heterocycles. The summed E-state index contributed by atoms with van der Waals surface area (Å²) in [7, 11) is 5.08. The number of imide groups is 1. The van der Waals surface area contributed by atoms with Crippen molar-refractivity contribution in [1.29, 1.82) is 0 Å². The third-order valence-electron chi connectivity index (χ3n) is 10.6. The Balaban J connectivity index is 0.875. The summed E-state index contributed by atoms with van der Waals surface area (Å²) in [5, 5.41) is 3.69. The molecule has 7 rings (SSSR count). The number of nitrogens with zero attached hydrogens (tertiary/aromatic N) is 5. The predicted molar refractivity (Wildman–Crippen MR) is 202 cm³/mol. The van der Waals surface area contributed by atoms with E-state index < -0.39 is 6.03 Å². The summed E-state index contributed by atoms with van der Waals surface area (Å²) < 4.78 is 25.7. The average molecular weight is 739 g/mol. The lowest BCUT2D eigenvalue weighted by molar-refractivity contribution is -0.137. The van der Waals surface area contributed by atoms with E-state index in [-0.39, 0.29) is 42.6 Å². The first-order valence-corrected chi connectivity index (χ1v) is 18.4. The van der Waals surface area contributed by atoms with Crippen molar-refractivity contribution >= 4 is 34.3 Å². The Bertz CT molecular complexity index is 2040. The first-order valence-electron chi connectivity index (χ1n) is 18.4. The van der Waals surface area contributed by atoms with Gasteiger partial charge in [0.1, 0.15) is 17.2 Å². The number of amides is 4. The molecule has 284 valence electrons. The lowest BCUT2D eigenvalue weighted by atomic mass is 9.98. The van der Waals surface area contributed by atoms with Crippen LogP contribution in [0.4, 0.5) is 10.5 Å². The molecule has 4 aromatic rings. The fourth-order valence-corrected chi connectivity index (χ4v) is 7.55. The molecule has 3 aliphatic rings. The van der Waals surface area contributed by atoms with E-state index in [0.717, 1.165) is 72.3 Å². The number of piperidine rings is 2. The maximum atomic E-state index is 12.9. The zero-order chi connectivity index (χ0) is 37.8. The van der Waals surface area contributed by atoms with Crippen molar-refractivity contribution in [2.45, 2.75) is 50.9 Å². The molecule has 14 nitrogen and oxygen atoms in total. The Labute approximate surface area is 313 Å². The number of benzene rings is 2. The van der Waals surface area contributed by atoms with Crippen LogP contribution in [0.1, 0.15) is 37.7 Å². The van der Waals surface area contributed by atoms with Gasteiger partial charge in [-0.1, -0.05) is 0 Å². The van der Waals surface area contributed by atoms with Gasteiger partial charge in [-0.3, -0.25) is 34.5 Å². The number of hydrogen-bond acceptors (Lipinski definition) is 10. The van der Waals surface area contributed by atoms with Crippen LogP contribution < -0.4 is 30.0 Å². The topological polar surface area (TPSA) is 145 Å². The normalized spacial score (nSPS) is 17.5. The van der Waals surface area contributed by atoms with Crippen LogP contribution in [-0.2, 0) is 27.9 Å². The highest BCUT2D eigenvalue weighted by molar-refractivity contribution is 6.05. The number of carbonyl (C=O) groups excluding carboxylic acids is 3. The van der Waals surface area contributed by atoms with Gasteiger partial charge in [-0.2, -0.15) is 0 Å². The molecule has 0 bridgehead atoms. The van der Waals surface area contributed by atoms with Crippen LogP contribution in [0.15, 0.2) is 65.8 Å². The van der Waals surface area contributed by atoms with Gasteiger partial charge >= 0.3 is 6.03 Å². The van der Waals surface area contributed by atoms with E-state index in [1.165, 1.54) is 4.90 Å². The third-order valence-corrected chi connectivity index (χ3v) is 10.6. The number of nitrogens with one attached hydrogen (secondary N) is 1. The van der Waals surface area contributed by atoms with Crippen molar-refractivity contribution in [2.75, 3.05) is 58.5 Å². The number of pyridine rings is 2.